The molecule has 0 amide bonds. The number of hydroxylamine groups is 1. The van der Waals surface area contributed by atoms with E-state index in [4.69, 9.17) is 9.10 Å². The van der Waals surface area contributed by atoms with Crippen molar-refractivity contribution in [3.8, 4) is 39.2 Å². The Labute approximate surface area is 352 Å². The van der Waals surface area contributed by atoms with Crippen LogP contribution in [0.5, 0.6) is 0 Å². The average Bonchev–Trinajstić information content (AvgIpc) is 3.84. The van der Waals surface area contributed by atoms with Crippen LogP contribution in [0.1, 0.15) is 4.11 Å². The van der Waals surface area contributed by atoms with Crippen LogP contribution >= 0.6 is 0 Å². The van der Waals surface area contributed by atoms with Crippen LogP contribution in [0, 0.1) is 12.1 Å². The van der Waals surface area contributed by atoms with Crippen molar-refractivity contribution in [3.05, 3.63) is 188 Å². The van der Waals surface area contributed by atoms with Gasteiger partial charge >= 0.3 is 0 Å². The maximum Gasteiger partial charge on any atom is 0.145 e. The molecule has 1 N–H and O–H groups in total. The Hall–Kier alpha value is -6.04. The van der Waals surface area contributed by atoms with Gasteiger partial charge in [-0.2, -0.15) is 51.7 Å². The Kier molecular flexibility index (Phi) is 8.60. The summed E-state index contributed by atoms with van der Waals surface area (Å²) in [5.41, 5.74) is 10.8. The summed E-state index contributed by atoms with van der Waals surface area (Å²) in [5, 5.41) is 7.19. The monoisotopic (exact) mass is 937 g/mol. The second kappa shape index (κ2) is 14.8. The quantitative estimate of drug-likeness (QED) is 0.0908. The molecule has 0 unspecified atom stereocenters. The van der Waals surface area contributed by atoms with Gasteiger partial charge in [-0.3, -0.25) is 0 Å². The number of nitrogens with zero attached hydrogens (tertiary/aromatic N) is 4. The number of anilines is 3. The number of pyridine rings is 1. The topological polar surface area (TPSA) is 37.1 Å². The number of aromatic nitrogens is 2. The molecule has 0 saturated carbocycles. The van der Waals surface area contributed by atoms with E-state index in [1.807, 2.05) is 36.5 Å². The first-order valence-electron chi connectivity index (χ1n) is 20.3. The zero-order valence-electron chi connectivity index (χ0n) is 34.3. The first kappa shape index (κ1) is 33.1. The summed E-state index contributed by atoms with van der Waals surface area (Å²) in [5.74, 6) is 0.810. The van der Waals surface area contributed by atoms with Crippen LogP contribution in [0.4, 0.5) is 17.1 Å². The Morgan fingerprint density at radius 3 is 1.98 bits per heavy atom. The summed E-state index contributed by atoms with van der Waals surface area (Å²) in [6.07, 6.45) is 1.92. The van der Waals surface area contributed by atoms with Crippen molar-refractivity contribution in [2.45, 2.75) is 13.1 Å². The fraction of sp³-hybridized carbons (Fsp3) is 0.0600. The summed E-state index contributed by atoms with van der Waals surface area (Å²) in [4.78, 5) is 9.60. The van der Waals surface area contributed by atoms with Gasteiger partial charge < -0.3 is 4.57 Å². The number of hydrogen-bond donors (Lipinski definition) is 0. The van der Waals surface area contributed by atoms with Gasteiger partial charge in [0.25, 0.3) is 0 Å². The minimum absolute atomic E-state index is 0. The van der Waals surface area contributed by atoms with E-state index in [-0.39, 0.29) is 21.1 Å². The Morgan fingerprint density at radius 2 is 1.25 bits per heavy atom. The van der Waals surface area contributed by atoms with Crippen LogP contribution in [-0.2, 0) is 21.1 Å². The van der Waals surface area contributed by atoms with Crippen LogP contribution in [0.15, 0.2) is 176 Å². The van der Waals surface area contributed by atoms with E-state index in [0.29, 0.717) is 17.1 Å². The third-order valence-electron chi connectivity index (χ3n) is 11.0. The zero-order valence-corrected chi connectivity index (χ0v) is 34.6. The van der Waals surface area contributed by atoms with Crippen molar-refractivity contribution < 1.29 is 30.1 Å². The first-order valence-corrected chi connectivity index (χ1v) is 21.8. The molecule has 0 aliphatic carbocycles. The van der Waals surface area contributed by atoms with Gasteiger partial charge in [0, 0.05) is 38.5 Å². The largest absolute Gasteiger partial charge is 0.319 e. The molecule has 0 bridgehead atoms. The molecule has 3 heterocycles. The Balaban J connectivity index is 0.00000462. The molecule has 1 aliphatic heterocycles. The number of rotatable bonds is 7. The minimum Gasteiger partial charge on any atom is -0.319 e. The molecule has 1 aliphatic rings. The maximum atomic E-state index is 8.12. The molecule has 0 radical (unpaired) electrons. The van der Waals surface area contributed by atoms with Gasteiger partial charge in [-0.15, -0.1) is 21.6 Å². The summed E-state index contributed by atoms with van der Waals surface area (Å²) < 4.78 is 26.6. The summed E-state index contributed by atoms with van der Waals surface area (Å²) >= 11 is 0. The van der Waals surface area contributed by atoms with E-state index in [2.05, 4.69) is 168 Å². The second-order valence-electron chi connectivity index (χ2n) is 14.6. The summed E-state index contributed by atoms with van der Waals surface area (Å²) in [6, 6.07) is 66.0. The van der Waals surface area contributed by atoms with Gasteiger partial charge in [-0.05, 0) is 69.1 Å². The van der Waals surface area contributed by atoms with Crippen molar-refractivity contribution in [1.82, 2.24) is 9.55 Å². The van der Waals surface area contributed by atoms with Crippen LogP contribution in [0.2, 0.25) is 13.1 Å². The molecule has 7 heteroatoms. The molecule has 0 saturated heterocycles. The van der Waals surface area contributed by atoms with Crippen LogP contribution in [-0.4, -0.2) is 29.5 Å². The third kappa shape index (κ3) is 6.31. The number of hydrogen-bond acceptors (Lipinski definition) is 3. The molecular formula is C50H39N4OPtSi-. The summed E-state index contributed by atoms with van der Waals surface area (Å²) in [6.45, 7) is 2.19. The van der Waals surface area contributed by atoms with E-state index >= 15 is 0 Å². The van der Waals surface area contributed by atoms with Gasteiger partial charge in [-0.25, -0.2) is 4.98 Å². The normalized spacial score (nSPS) is 13.5. The fourth-order valence-corrected chi connectivity index (χ4v) is 10.2. The van der Waals surface area contributed by atoms with Crippen molar-refractivity contribution in [3.63, 3.8) is 0 Å². The fourth-order valence-electron chi connectivity index (χ4n) is 8.05. The van der Waals surface area contributed by atoms with Crippen LogP contribution in [0.3, 0.4) is 0 Å². The number of para-hydroxylation sites is 3. The Morgan fingerprint density at radius 1 is 0.596 bits per heavy atom. The standard InChI is InChI=1S/C50H38N4OSi.Pt/c1-52-46-26-12-13-27-47(46)54(55-52)38-20-14-21-39(33-38)56(2,3)40-28-29-44-43-22-10-11-25-45(43)53(48(44)34-40)49-32-37(30-31-51-49)50-41(35-16-6-4-7-17-35)23-15-24-42(50)36-18-8-5-9-19-36;/h4-32H,1-3H3;/q-2;/p+1/i1D3;. The van der Waals surface area contributed by atoms with Gasteiger partial charge in [0.2, 0.25) is 0 Å². The molecule has 9 aromatic rings. The molecular weight excluding hydrogens is 896 g/mol. The molecule has 280 valence electrons. The average molecular weight is 938 g/mol. The number of fused-ring (bicyclic) bond motifs is 4. The molecule has 7 aromatic carbocycles. The molecule has 10 rings (SSSR count). The van der Waals surface area contributed by atoms with Crippen molar-refractivity contribution in [2.75, 3.05) is 17.1 Å². The molecule has 5 nitrogen and oxygen atoms in total. The van der Waals surface area contributed by atoms with E-state index in [1.165, 1.54) is 0 Å². The molecule has 0 atom stereocenters. The van der Waals surface area contributed by atoms with E-state index < -0.39 is 15.0 Å². The van der Waals surface area contributed by atoms with Crippen molar-refractivity contribution in [2.24, 2.45) is 0 Å². The molecule has 2 aromatic heterocycles. The van der Waals surface area contributed by atoms with Gasteiger partial charge in [-0.1, -0.05) is 128 Å². The first-order chi connectivity index (χ1) is 28.7. The third-order valence-corrected chi connectivity index (χ3v) is 14.2. The second-order valence-corrected chi connectivity index (χ2v) is 19.0. The predicted octanol–water partition coefficient (Wildman–Crippen LogP) is 11.0. The van der Waals surface area contributed by atoms with Crippen LogP contribution < -0.4 is 20.5 Å². The molecule has 57 heavy (non-hydrogen) atoms. The van der Waals surface area contributed by atoms with Gasteiger partial charge in [0.15, 0.2) is 0 Å². The molecule has 0 fully saturated rings. The summed E-state index contributed by atoms with van der Waals surface area (Å²) in [7, 11) is -2.46. The minimum atomic E-state index is -2.46. The zero-order chi connectivity index (χ0) is 40.3. The maximum absolute atomic E-state index is 8.12. The van der Waals surface area contributed by atoms with E-state index in [9.17, 15) is 0 Å². The van der Waals surface area contributed by atoms with Crippen molar-refractivity contribution >= 4 is 57.3 Å². The smallest absolute Gasteiger partial charge is 0.145 e. The Bertz CT molecular complexity index is 2970. The molecule has 0 spiro atoms. The van der Waals surface area contributed by atoms with Gasteiger partial charge in [0.1, 0.15) is 17.2 Å². The van der Waals surface area contributed by atoms with Crippen molar-refractivity contribution in [1.29, 1.82) is 0 Å². The van der Waals surface area contributed by atoms with E-state index in [1.54, 1.807) is 11.1 Å². The number of benzene rings is 7. The van der Waals surface area contributed by atoms with E-state index in [0.717, 1.165) is 76.4 Å². The van der Waals surface area contributed by atoms with Crippen LogP contribution in [0.25, 0.3) is 61.0 Å². The predicted molar refractivity (Wildman–Crippen MR) is 235 cm³/mol. The SMILES string of the molecule is [2H]C([2H])([2H])N1[OH+]N(c2[c-]c([Si](C)(C)c3[c-]c4c(cc3)c3ccccc3n4-c3cc(-c4c(-c5ccccc5)cccc4-c4ccccc4)ccn3)ccc2)c2ccccc21.[Pt]. The van der Waals surface area contributed by atoms with Gasteiger partial charge in [0.05, 0.1) is 19.2 Å².